The van der Waals surface area contributed by atoms with Crippen molar-refractivity contribution in [3.8, 4) is 5.75 Å². The van der Waals surface area contributed by atoms with Gasteiger partial charge in [-0.15, -0.1) is 0 Å². The van der Waals surface area contributed by atoms with E-state index in [9.17, 15) is 0 Å². The highest BCUT2D eigenvalue weighted by molar-refractivity contribution is 5.97. The fourth-order valence-electron chi connectivity index (χ4n) is 2.47. The van der Waals surface area contributed by atoms with E-state index in [-0.39, 0.29) is 5.84 Å². The van der Waals surface area contributed by atoms with Crippen LogP contribution in [0, 0.1) is 5.41 Å². The number of nitrogens with two attached hydrogens (primary N) is 1. The van der Waals surface area contributed by atoms with Crippen LogP contribution in [-0.2, 0) is 0 Å². The average molecular weight is 261 g/mol. The highest BCUT2D eigenvalue weighted by Gasteiger charge is 2.10. The number of nitrogens with zero attached hydrogens (tertiary/aromatic N) is 1. The van der Waals surface area contributed by atoms with Gasteiger partial charge in [-0.2, -0.15) is 0 Å². The van der Waals surface area contributed by atoms with Crippen molar-refractivity contribution in [1.82, 2.24) is 4.90 Å². The molecule has 0 amide bonds. The number of amidine groups is 1. The van der Waals surface area contributed by atoms with Crippen LogP contribution in [0.15, 0.2) is 24.3 Å². The third-order valence-electron chi connectivity index (χ3n) is 3.50. The second-order valence-corrected chi connectivity index (χ2v) is 5.01. The Morgan fingerprint density at radius 1 is 1.21 bits per heavy atom. The molecule has 0 radical (unpaired) electrons. The van der Waals surface area contributed by atoms with E-state index in [2.05, 4.69) is 4.90 Å². The van der Waals surface area contributed by atoms with Gasteiger partial charge in [0.1, 0.15) is 11.6 Å². The summed E-state index contributed by atoms with van der Waals surface area (Å²) in [5.41, 5.74) is 6.21. The first kappa shape index (κ1) is 13.9. The van der Waals surface area contributed by atoms with Gasteiger partial charge >= 0.3 is 0 Å². The molecule has 1 aliphatic heterocycles. The summed E-state index contributed by atoms with van der Waals surface area (Å²) in [6.07, 6.45) is 5.05. The van der Waals surface area contributed by atoms with Crippen molar-refractivity contribution in [3.63, 3.8) is 0 Å². The number of hydrogen-bond donors (Lipinski definition) is 2. The second-order valence-electron chi connectivity index (χ2n) is 5.01. The Hall–Kier alpha value is -1.55. The van der Waals surface area contributed by atoms with Gasteiger partial charge in [0.15, 0.2) is 0 Å². The van der Waals surface area contributed by atoms with Crippen molar-refractivity contribution < 1.29 is 4.74 Å². The Bertz CT molecular complexity index is 414. The highest BCUT2D eigenvalue weighted by atomic mass is 16.5. The number of hydrogen-bond acceptors (Lipinski definition) is 3. The van der Waals surface area contributed by atoms with Crippen LogP contribution < -0.4 is 10.5 Å². The number of ether oxygens (including phenoxy) is 1. The second kappa shape index (κ2) is 7.14. The monoisotopic (exact) mass is 261 g/mol. The molecule has 19 heavy (non-hydrogen) atoms. The normalized spacial score (nSPS) is 16.2. The van der Waals surface area contributed by atoms with E-state index in [1.165, 1.54) is 32.4 Å². The van der Waals surface area contributed by atoms with Crippen LogP contribution >= 0.6 is 0 Å². The van der Waals surface area contributed by atoms with Gasteiger partial charge in [0.25, 0.3) is 0 Å². The Labute approximate surface area is 115 Å². The summed E-state index contributed by atoms with van der Waals surface area (Å²) >= 11 is 0. The molecule has 4 heteroatoms. The number of benzene rings is 1. The molecule has 104 valence electrons. The Kier molecular flexibility index (Phi) is 5.21. The number of nitrogen functional groups attached to an aromatic ring is 1. The Balaban J connectivity index is 1.74. The maximum Gasteiger partial charge on any atom is 0.130 e. The average Bonchev–Trinajstić information content (AvgIpc) is 2.45. The predicted octanol–water partition coefficient (Wildman–Crippen LogP) is 2.23. The van der Waals surface area contributed by atoms with Crippen LogP contribution in [0.5, 0.6) is 5.75 Å². The molecule has 0 aromatic heterocycles. The van der Waals surface area contributed by atoms with Crippen LogP contribution in [0.4, 0.5) is 0 Å². The highest BCUT2D eigenvalue weighted by Crippen LogP contribution is 2.17. The predicted molar refractivity (Wildman–Crippen MR) is 77.9 cm³/mol. The zero-order valence-electron chi connectivity index (χ0n) is 11.4. The van der Waals surface area contributed by atoms with Gasteiger partial charge in [0, 0.05) is 6.54 Å². The number of likely N-dealkylation sites (tertiary alicyclic amines) is 1. The lowest BCUT2D eigenvalue weighted by molar-refractivity contribution is 0.205. The molecule has 1 fully saturated rings. The summed E-state index contributed by atoms with van der Waals surface area (Å²) in [6.45, 7) is 4.23. The van der Waals surface area contributed by atoms with Crippen LogP contribution in [-0.4, -0.2) is 37.0 Å². The molecule has 1 aromatic rings. The maximum absolute atomic E-state index is 7.51. The van der Waals surface area contributed by atoms with Crippen LogP contribution in [0.3, 0.4) is 0 Å². The number of para-hydroxylation sites is 1. The lowest BCUT2D eigenvalue weighted by Crippen LogP contribution is -2.31. The summed E-state index contributed by atoms with van der Waals surface area (Å²) in [5.74, 6) is 0.778. The quantitative estimate of drug-likeness (QED) is 0.469. The van der Waals surface area contributed by atoms with Gasteiger partial charge in [0.05, 0.1) is 12.2 Å². The number of rotatable bonds is 6. The molecular formula is C15H23N3O. The van der Waals surface area contributed by atoms with Crippen molar-refractivity contribution >= 4 is 5.84 Å². The lowest BCUT2D eigenvalue weighted by atomic mass is 10.1. The largest absolute Gasteiger partial charge is 0.493 e. The van der Waals surface area contributed by atoms with Crippen LogP contribution in [0.2, 0.25) is 0 Å². The molecule has 0 spiro atoms. The molecule has 3 N–H and O–H groups in total. The molecule has 0 unspecified atom stereocenters. The topological polar surface area (TPSA) is 62.3 Å². The van der Waals surface area contributed by atoms with E-state index in [0.29, 0.717) is 17.9 Å². The molecular weight excluding hydrogens is 238 g/mol. The standard InChI is InChI=1S/C15H23N3O/c16-15(17)13-7-2-3-8-14(13)19-12-6-11-18-9-4-1-5-10-18/h2-3,7-8H,1,4-6,9-12H2,(H3,16,17). The van der Waals surface area contributed by atoms with Crippen molar-refractivity contribution in [1.29, 1.82) is 5.41 Å². The molecule has 0 saturated carbocycles. The first-order valence-electron chi connectivity index (χ1n) is 7.06. The van der Waals surface area contributed by atoms with Crippen LogP contribution in [0.25, 0.3) is 0 Å². The molecule has 1 heterocycles. The van der Waals surface area contributed by atoms with E-state index >= 15 is 0 Å². The Morgan fingerprint density at radius 3 is 2.68 bits per heavy atom. The van der Waals surface area contributed by atoms with Gasteiger partial charge in [-0.05, 0) is 44.5 Å². The third-order valence-corrected chi connectivity index (χ3v) is 3.50. The van der Waals surface area contributed by atoms with E-state index in [1.54, 1.807) is 0 Å². The van der Waals surface area contributed by atoms with Gasteiger partial charge in [0.2, 0.25) is 0 Å². The van der Waals surface area contributed by atoms with Gasteiger partial charge in [-0.1, -0.05) is 18.6 Å². The SMILES string of the molecule is N=C(N)c1ccccc1OCCCN1CCCCC1. The van der Waals surface area contributed by atoms with Crippen molar-refractivity contribution in [2.45, 2.75) is 25.7 Å². The van der Waals surface area contributed by atoms with E-state index in [4.69, 9.17) is 15.9 Å². The smallest absolute Gasteiger partial charge is 0.130 e. The lowest BCUT2D eigenvalue weighted by Gasteiger charge is -2.26. The maximum atomic E-state index is 7.51. The number of piperidine rings is 1. The molecule has 1 aliphatic rings. The first-order valence-corrected chi connectivity index (χ1v) is 7.06. The molecule has 1 aromatic carbocycles. The fraction of sp³-hybridized carbons (Fsp3) is 0.533. The van der Waals surface area contributed by atoms with E-state index in [0.717, 1.165) is 13.0 Å². The fourth-order valence-corrected chi connectivity index (χ4v) is 2.47. The Morgan fingerprint density at radius 2 is 1.95 bits per heavy atom. The minimum absolute atomic E-state index is 0.0617. The molecule has 0 aliphatic carbocycles. The summed E-state index contributed by atoms with van der Waals surface area (Å²) in [6, 6.07) is 7.48. The molecule has 0 bridgehead atoms. The third kappa shape index (κ3) is 4.24. The summed E-state index contributed by atoms with van der Waals surface area (Å²) in [7, 11) is 0. The zero-order valence-corrected chi connectivity index (χ0v) is 11.4. The minimum Gasteiger partial charge on any atom is -0.493 e. The van der Waals surface area contributed by atoms with E-state index < -0.39 is 0 Å². The van der Waals surface area contributed by atoms with E-state index in [1.807, 2.05) is 24.3 Å². The molecule has 2 rings (SSSR count). The molecule has 0 atom stereocenters. The van der Waals surface area contributed by atoms with Gasteiger partial charge < -0.3 is 15.4 Å². The first-order chi connectivity index (χ1) is 9.27. The van der Waals surface area contributed by atoms with Gasteiger partial charge in [-0.3, -0.25) is 5.41 Å². The summed E-state index contributed by atoms with van der Waals surface area (Å²) in [5, 5.41) is 7.51. The van der Waals surface area contributed by atoms with Crippen molar-refractivity contribution in [2.75, 3.05) is 26.2 Å². The van der Waals surface area contributed by atoms with Crippen LogP contribution in [0.1, 0.15) is 31.2 Å². The van der Waals surface area contributed by atoms with Crippen molar-refractivity contribution in [2.24, 2.45) is 5.73 Å². The van der Waals surface area contributed by atoms with Crippen molar-refractivity contribution in [3.05, 3.63) is 29.8 Å². The summed E-state index contributed by atoms with van der Waals surface area (Å²) in [4.78, 5) is 2.50. The number of nitrogens with one attached hydrogen (secondary N) is 1. The molecule has 1 saturated heterocycles. The molecule has 4 nitrogen and oxygen atoms in total. The zero-order chi connectivity index (χ0) is 13.5. The van der Waals surface area contributed by atoms with Gasteiger partial charge in [-0.25, -0.2) is 0 Å². The summed E-state index contributed by atoms with van der Waals surface area (Å²) < 4.78 is 5.74. The minimum atomic E-state index is 0.0617.